The molecule has 3 aromatic rings. The van der Waals surface area contributed by atoms with E-state index in [9.17, 15) is 0 Å². The van der Waals surface area contributed by atoms with Gasteiger partial charge in [0.05, 0.1) is 5.56 Å². The van der Waals surface area contributed by atoms with Gasteiger partial charge in [-0.1, -0.05) is 70.5 Å². The lowest BCUT2D eigenvalue weighted by atomic mass is 9.49. The second-order valence-corrected chi connectivity index (χ2v) is 9.51. The second-order valence-electron chi connectivity index (χ2n) is 9.51. The van der Waals surface area contributed by atoms with Crippen LogP contribution in [0.25, 0.3) is 22.0 Å². The van der Waals surface area contributed by atoms with Gasteiger partial charge in [-0.2, -0.15) is 4.57 Å². The van der Waals surface area contributed by atoms with Gasteiger partial charge in [-0.15, -0.1) is 0 Å². The third-order valence-electron chi connectivity index (χ3n) is 7.97. The van der Waals surface area contributed by atoms with E-state index in [-0.39, 0.29) is 11.0 Å². The van der Waals surface area contributed by atoms with Crippen LogP contribution >= 0.6 is 0 Å². The van der Waals surface area contributed by atoms with Gasteiger partial charge < -0.3 is 0 Å². The summed E-state index contributed by atoms with van der Waals surface area (Å²) in [5.41, 5.74) is 7.32. The van der Waals surface area contributed by atoms with Crippen LogP contribution in [0, 0.1) is 0 Å². The molecule has 1 fully saturated rings. The molecule has 154 valence electrons. The van der Waals surface area contributed by atoms with E-state index in [4.69, 9.17) is 6.58 Å². The first kappa shape index (κ1) is 19.5. The summed E-state index contributed by atoms with van der Waals surface area (Å²) >= 11 is 0. The maximum atomic E-state index is 4.74. The second kappa shape index (κ2) is 7.08. The van der Waals surface area contributed by atoms with Crippen LogP contribution < -0.4 is 4.57 Å². The minimum atomic E-state index is 0.0403. The van der Waals surface area contributed by atoms with Gasteiger partial charge in [0, 0.05) is 35.3 Å². The van der Waals surface area contributed by atoms with Gasteiger partial charge in [-0.25, -0.2) is 0 Å². The van der Waals surface area contributed by atoms with Gasteiger partial charge in [0.1, 0.15) is 0 Å². The number of rotatable bonds is 6. The highest BCUT2D eigenvalue weighted by atomic mass is 15.1. The third-order valence-corrected chi connectivity index (χ3v) is 7.97. The van der Waals surface area contributed by atoms with Gasteiger partial charge in [0.2, 0.25) is 5.69 Å². The van der Waals surface area contributed by atoms with Crippen molar-refractivity contribution in [1.29, 1.82) is 0 Å². The summed E-state index contributed by atoms with van der Waals surface area (Å²) in [6, 6.07) is 18.6. The molecule has 2 aliphatic heterocycles. The Morgan fingerprint density at radius 3 is 2.53 bits per heavy atom. The van der Waals surface area contributed by atoms with E-state index in [1.54, 1.807) is 0 Å². The number of unbranched alkanes of at least 4 members (excludes halogenated alkanes) is 1. The number of allylic oxidation sites excluding steroid dienone is 1. The van der Waals surface area contributed by atoms with E-state index in [2.05, 4.69) is 80.1 Å². The average molecular weight is 397 g/mol. The summed E-state index contributed by atoms with van der Waals surface area (Å²) < 4.78 is 2.59. The Labute approximate surface area is 181 Å². The lowest BCUT2D eigenvalue weighted by molar-refractivity contribution is -0.755. The molecule has 2 bridgehead atoms. The van der Waals surface area contributed by atoms with Crippen molar-refractivity contribution in [2.24, 2.45) is 0 Å². The number of aromatic nitrogens is 1. The SMILES string of the molecule is C=C1C2(CCC)CC1(CC)[n+]1cc3ccc(CCCC)cc3cc1-c1ccccc12. The monoisotopic (exact) mass is 396 g/mol. The molecule has 0 N–H and O–H groups in total. The topological polar surface area (TPSA) is 3.88 Å². The molecule has 3 heterocycles. The maximum Gasteiger partial charge on any atom is 0.214 e. The van der Waals surface area contributed by atoms with Gasteiger partial charge >= 0.3 is 0 Å². The minimum Gasteiger partial charge on any atom is -0.188 e. The molecule has 0 amide bonds. The highest BCUT2D eigenvalue weighted by Gasteiger charge is 2.66. The Morgan fingerprint density at radius 1 is 0.967 bits per heavy atom. The van der Waals surface area contributed by atoms with E-state index in [1.807, 2.05) is 0 Å². The Balaban J connectivity index is 1.78. The van der Waals surface area contributed by atoms with E-state index < -0.39 is 0 Å². The van der Waals surface area contributed by atoms with Crippen molar-refractivity contribution in [2.45, 2.75) is 76.7 Å². The summed E-state index contributed by atoms with van der Waals surface area (Å²) in [6.45, 7) is 11.7. The van der Waals surface area contributed by atoms with Crippen molar-refractivity contribution in [2.75, 3.05) is 0 Å². The highest BCUT2D eigenvalue weighted by molar-refractivity contribution is 5.85. The van der Waals surface area contributed by atoms with Crippen LogP contribution in [0.2, 0.25) is 0 Å². The van der Waals surface area contributed by atoms with Crippen molar-refractivity contribution < 1.29 is 4.57 Å². The van der Waals surface area contributed by atoms with Crippen molar-refractivity contribution >= 4 is 10.8 Å². The van der Waals surface area contributed by atoms with Crippen LogP contribution in [0.15, 0.2) is 66.9 Å². The molecule has 1 aliphatic carbocycles. The number of fused-ring (bicyclic) bond motifs is 1. The molecule has 30 heavy (non-hydrogen) atoms. The third kappa shape index (κ3) is 2.51. The summed E-state index contributed by atoms with van der Waals surface area (Å²) in [5, 5.41) is 2.71. The van der Waals surface area contributed by atoms with Crippen molar-refractivity contribution in [3.8, 4) is 11.3 Å². The fourth-order valence-corrected chi connectivity index (χ4v) is 6.36. The number of pyridine rings is 1. The molecule has 0 saturated heterocycles. The molecule has 6 rings (SSSR count). The number of aryl methyl sites for hydroxylation is 1. The summed E-state index contributed by atoms with van der Waals surface area (Å²) in [7, 11) is 0. The number of hydrogen-bond donors (Lipinski definition) is 0. The molecule has 1 heteroatoms. The number of benzene rings is 2. The zero-order valence-corrected chi connectivity index (χ0v) is 18.8. The van der Waals surface area contributed by atoms with E-state index in [1.165, 1.54) is 77.3 Å². The van der Waals surface area contributed by atoms with Crippen LogP contribution in [0.4, 0.5) is 0 Å². The van der Waals surface area contributed by atoms with Crippen molar-refractivity contribution in [3.05, 3.63) is 78.0 Å². The van der Waals surface area contributed by atoms with Gasteiger partial charge in [0.25, 0.3) is 0 Å². The number of nitrogens with zero attached hydrogens (tertiary/aromatic N) is 1. The van der Waals surface area contributed by atoms with Crippen LogP contribution in [0.1, 0.15) is 70.4 Å². The molecule has 1 aromatic heterocycles. The molecule has 2 aromatic carbocycles. The first-order valence-corrected chi connectivity index (χ1v) is 11.9. The first-order chi connectivity index (χ1) is 14.6. The molecule has 1 saturated carbocycles. The molecule has 2 unspecified atom stereocenters. The van der Waals surface area contributed by atoms with E-state index >= 15 is 0 Å². The van der Waals surface area contributed by atoms with Gasteiger partial charge in [-0.3, -0.25) is 0 Å². The van der Waals surface area contributed by atoms with E-state index in [0.29, 0.717) is 0 Å². The molecule has 1 nitrogen and oxygen atoms in total. The molecule has 2 atom stereocenters. The highest BCUT2D eigenvalue weighted by Crippen LogP contribution is 2.63. The van der Waals surface area contributed by atoms with Crippen LogP contribution in [0.3, 0.4) is 0 Å². The molecule has 0 radical (unpaired) electrons. The predicted octanol–water partition coefficient (Wildman–Crippen LogP) is 7.25. The quantitative estimate of drug-likeness (QED) is 0.305. The smallest absolute Gasteiger partial charge is 0.188 e. The lowest BCUT2D eigenvalue weighted by Gasteiger charge is -2.53. The van der Waals surface area contributed by atoms with Crippen LogP contribution in [-0.2, 0) is 17.4 Å². The van der Waals surface area contributed by atoms with Crippen LogP contribution in [-0.4, -0.2) is 0 Å². The molecule has 3 aliphatic rings. The molecular weight excluding hydrogens is 362 g/mol. The summed E-state index contributed by atoms with van der Waals surface area (Å²) in [4.78, 5) is 0. The fraction of sp³-hybridized carbons (Fsp3) is 0.414. The Hall–Kier alpha value is -2.41. The summed E-state index contributed by atoms with van der Waals surface area (Å²) in [5.74, 6) is 0. The normalized spacial score (nSPS) is 24.2. The van der Waals surface area contributed by atoms with E-state index in [0.717, 1.165) is 6.42 Å². The Bertz CT molecular complexity index is 1140. The fourth-order valence-electron chi connectivity index (χ4n) is 6.36. The first-order valence-electron chi connectivity index (χ1n) is 11.9. The van der Waals surface area contributed by atoms with Gasteiger partial charge in [-0.05, 0) is 47.9 Å². The standard InChI is InChI=1S/C29H34N/c1-5-8-11-22-14-15-23-19-30-27(18-24(23)17-22)25-12-9-10-13-26(25)28(16-6-2)20-29(30,7-3)21(28)4/h9-10,12-15,17-19H,4-8,11,16,20H2,1-3H3/q+1. The zero-order valence-electron chi connectivity index (χ0n) is 18.8. The summed E-state index contributed by atoms with van der Waals surface area (Å²) in [6.07, 6.45) is 10.7. The number of hydrogen-bond acceptors (Lipinski definition) is 0. The Kier molecular flexibility index (Phi) is 4.61. The molecular formula is C29H34N+. The zero-order chi connectivity index (χ0) is 20.9. The van der Waals surface area contributed by atoms with Gasteiger partial charge in [0.15, 0.2) is 11.7 Å². The molecule has 0 spiro atoms. The van der Waals surface area contributed by atoms with Crippen molar-refractivity contribution in [1.82, 2.24) is 0 Å². The Morgan fingerprint density at radius 2 is 1.80 bits per heavy atom. The lowest BCUT2D eigenvalue weighted by Crippen LogP contribution is -2.68. The maximum absolute atomic E-state index is 4.74. The average Bonchev–Trinajstić information content (AvgIpc) is 2.92. The minimum absolute atomic E-state index is 0.0403. The predicted molar refractivity (Wildman–Crippen MR) is 127 cm³/mol. The van der Waals surface area contributed by atoms with Crippen LogP contribution in [0.5, 0.6) is 0 Å². The largest absolute Gasteiger partial charge is 0.214 e. The van der Waals surface area contributed by atoms with Crippen molar-refractivity contribution in [3.63, 3.8) is 0 Å².